The highest BCUT2D eigenvalue weighted by Gasteiger charge is 2.60. The second-order valence-electron chi connectivity index (χ2n) is 7.46. The van der Waals surface area contributed by atoms with Crippen molar-refractivity contribution in [3.8, 4) is 0 Å². The minimum Gasteiger partial charge on any atom is -0.273 e. The highest BCUT2D eigenvalue weighted by molar-refractivity contribution is 6.31. The molecule has 0 spiro atoms. The van der Waals surface area contributed by atoms with E-state index in [1.165, 1.54) is 24.3 Å². The number of halogens is 1. The summed E-state index contributed by atoms with van der Waals surface area (Å²) >= 11 is 6.48. The highest BCUT2D eigenvalue weighted by atomic mass is 35.5. The molecule has 0 bridgehead atoms. The number of amides is 2. The van der Waals surface area contributed by atoms with Crippen molar-refractivity contribution in [3.05, 3.63) is 99.6 Å². The first-order chi connectivity index (χ1) is 15.5. The molecule has 0 aliphatic carbocycles. The molecule has 2 aliphatic rings. The zero-order chi connectivity index (χ0) is 22.4. The summed E-state index contributed by atoms with van der Waals surface area (Å²) in [4.78, 5) is 44.2. The smallest absolute Gasteiger partial charge is 0.269 e. The number of carbonyl (C=O) groups excluding carboxylic acids is 2. The molecule has 32 heavy (non-hydrogen) atoms. The number of hydrogen-bond donors (Lipinski definition) is 0. The van der Waals surface area contributed by atoms with Crippen LogP contribution in [0.15, 0.2) is 78.9 Å². The summed E-state index contributed by atoms with van der Waals surface area (Å²) in [7, 11) is 0. The van der Waals surface area contributed by atoms with Gasteiger partial charge in [-0.25, -0.2) is 9.96 Å². The predicted molar refractivity (Wildman–Crippen MR) is 117 cm³/mol. The zero-order valence-corrected chi connectivity index (χ0v) is 17.3. The number of nitro benzene ring substituents is 1. The third-order valence-electron chi connectivity index (χ3n) is 5.67. The van der Waals surface area contributed by atoms with Gasteiger partial charge in [0.25, 0.3) is 11.6 Å². The van der Waals surface area contributed by atoms with Gasteiger partial charge in [0.2, 0.25) is 5.91 Å². The van der Waals surface area contributed by atoms with Crippen molar-refractivity contribution >= 4 is 40.5 Å². The molecule has 3 aromatic carbocycles. The first kappa shape index (κ1) is 20.2. The molecule has 3 atom stereocenters. The van der Waals surface area contributed by atoms with E-state index >= 15 is 0 Å². The average molecular weight is 450 g/mol. The number of hydrogen-bond acceptors (Lipinski definition) is 6. The monoisotopic (exact) mass is 449 g/mol. The number of non-ortho nitro benzene ring substituents is 1. The number of para-hydroxylation sites is 1. The standard InChI is InChI=1S/C23H16ClN3O5/c24-18-9-5-4-8-17(18)20-19-21(32-26(20)15-6-2-1-3-7-15)23(29)25(22(19)28)14-10-12-16(13-11-14)27(30)31/h1-13,19-21H/t19-,20+,21-/m1/s1. The van der Waals surface area contributed by atoms with Gasteiger partial charge in [0.05, 0.1) is 22.3 Å². The number of rotatable bonds is 4. The Morgan fingerprint density at radius 2 is 1.50 bits per heavy atom. The summed E-state index contributed by atoms with van der Waals surface area (Å²) in [6.07, 6.45) is -1.04. The summed E-state index contributed by atoms with van der Waals surface area (Å²) in [6, 6.07) is 21.0. The van der Waals surface area contributed by atoms with Gasteiger partial charge in [-0.15, -0.1) is 0 Å². The lowest BCUT2D eigenvalue weighted by atomic mass is 9.90. The molecule has 2 aliphatic heterocycles. The molecule has 2 amide bonds. The van der Waals surface area contributed by atoms with Crippen molar-refractivity contribution in [1.29, 1.82) is 0 Å². The van der Waals surface area contributed by atoms with Crippen molar-refractivity contribution in [2.24, 2.45) is 5.92 Å². The zero-order valence-electron chi connectivity index (χ0n) is 16.5. The largest absolute Gasteiger partial charge is 0.273 e. The van der Waals surface area contributed by atoms with Gasteiger partial charge in [-0.1, -0.05) is 48.0 Å². The lowest BCUT2D eigenvalue weighted by molar-refractivity contribution is -0.384. The van der Waals surface area contributed by atoms with Crippen LogP contribution < -0.4 is 9.96 Å². The fourth-order valence-corrected chi connectivity index (χ4v) is 4.47. The molecule has 2 heterocycles. The van der Waals surface area contributed by atoms with Gasteiger partial charge < -0.3 is 0 Å². The first-order valence-corrected chi connectivity index (χ1v) is 10.2. The van der Waals surface area contributed by atoms with Crippen LogP contribution in [0.2, 0.25) is 5.02 Å². The van der Waals surface area contributed by atoms with E-state index in [2.05, 4.69) is 0 Å². The van der Waals surface area contributed by atoms with Gasteiger partial charge in [-0.05, 0) is 35.9 Å². The lowest BCUT2D eigenvalue weighted by Crippen LogP contribution is -2.37. The topological polar surface area (TPSA) is 93.0 Å². The van der Waals surface area contributed by atoms with Crippen LogP contribution in [0, 0.1) is 16.0 Å². The summed E-state index contributed by atoms with van der Waals surface area (Å²) < 4.78 is 0. The minimum absolute atomic E-state index is 0.131. The van der Waals surface area contributed by atoms with Gasteiger partial charge >= 0.3 is 0 Å². The van der Waals surface area contributed by atoms with Crippen molar-refractivity contribution in [2.45, 2.75) is 12.1 Å². The quantitative estimate of drug-likeness (QED) is 0.335. The number of benzene rings is 3. The molecule has 0 N–H and O–H groups in total. The van der Waals surface area contributed by atoms with E-state index in [0.717, 1.165) is 4.90 Å². The van der Waals surface area contributed by atoms with Gasteiger partial charge in [0.15, 0.2) is 6.10 Å². The van der Waals surface area contributed by atoms with Crippen LogP contribution in [0.4, 0.5) is 17.1 Å². The summed E-state index contributed by atoms with van der Waals surface area (Å²) in [5.74, 6) is -1.81. The van der Waals surface area contributed by atoms with Crippen molar-refractivity contribution in [2.75, 3.05) is 9.96 Å². The number of imide groups is 1. The summed E-state index contributed by atoms with van der Waals surface area (Å²) in [6.45, 7) is 0. The molecule has 5 rings (SSSR count). The van der Waals surface area contributed by atoms with Crippen LogP contribution in [0.5, 0.6) is 0 Å². The molecule has 0 saturated carbocycles. The molecule has 8 nitrogen and oxygen atoms in total. The minimum atomic E-state index is -1.04. The first-order valence-electron chi connectivity index (χ1n) is 9.85. The van der Waals surface area contributed by atoms with Crippen LogP contribution >= 0.6 is 11.6 Å². The Hall–Kier alpha value is -3.75. The Morgan fingerprint density at radius 3 is 2.16 bits per heavy atom. The fourth-order valence-electron chi connectivity index (χ4n) is 4.22. The molecular formula is C23H16ClN3O5. The molecule has 160 valence electrons. The number of nitro groups is 1. The fraction of sp³-hybridized carbons (Fsp3) is 0.130. The van der Waals surface area contributed by atoms with Crippen molar-refractivity contribution in [3.63, 3.8) is 0 Å². The van der Waals surface area contributed by atoms with Crippen molar-refractivity contribution < 1.29 is 19.3 Å². The third kappa shape index (κ3) is 3.12. The van der Waals surface area contributed by atoms with E-state index in [-0.39, 0.29) is 11.4 Å². The Balaban J connectivity index is 1.57. The van der Waals surface area contributed by atoms with Crippen LogP contribution in [0.3, 0.4) is 0 Å². The molecule has 3 aromatic rings. The second-order valence-corrected chi connectivity index (χ2v) is 7.87. The van der Waals surface area contributed by atoms with Crippen LogP contribution in [-0.2, 0) is 14.4 Å². The number of carbonyl (C=O) groups is 2. The Labute approximate surface area is 187 Å². The molecular weight excluding hydrogens is 434 g/mol. The molecule has 9 heteroatoms. The predicted octanol–water partition coefficient (Wildman–Crippen LogP) is 4.30. The molecule has 2 fully saturated rings. The number of anilines is 2. The van der Waals surface area contributed by atoms with Crippen LogP contribution in [0.1, 0.15) is 11.6 Å². The normalized spacial score (nSPS) is 22.3. The Morgan fingerprint density at radius 1 is 0.844 bits per heavy atom. The number of nitrogens with zero attached hydrogens (tertiary/aromatic N) is 3. The molecule has 0 aromatic heterocycles. The average Bonchev–Trinajstić information content (AvgIpc) is 3.31. The summed E-state index contributed by atoms with van der Waals surface area (Å²) in [5, 5.41) is 13.0. The maximum Gasteiger partial charge on any atom is 0.269 e. The molecule has 0 radical (unpaired) electrons. The van der Waals surface area contributed by atoms with E-state index in [9.17, 15) is 19.7 Å². The van der Waals surface area contributed by atoms with Gasteiger partial charge in [0, 0.05) is 17.2 Å². The second kappa shape index (κ2) is 7.74. The number of hydroxylamine groups is 1. The number of fused-ring (bicyclic) bond motifs is 1. The van der Waals surface area contributed by atoms with Gasteiger partial charge in [0.1, 0.15) is 5.92 Å². The summed E-state index contributed by atoms with van der Waals surface area (Å²) in [5.41, 5.74) is 1.48. The van der Waals surface area contributed by atoms with E-state index in [4.69, 9.17) is 16.4 Å². The van der Waals surface area contributed by atoms with Crippen LogP contribution in [0.25, 0.3) is 0 Å². The Kier molecular flexibility index (Phi) is 4.88. The third-order valence-corrected chi connectivity index (χ3v) is 6.01. The highest BCUT2D eigenvalue weighted by Crippen LogP contribution is 2.48. The van der Waals surface area contributed by atoms with E-state index < -0.39 is 34.8 Å². The van der Waals surface area contributed by atoms with Gasteiger partial charge in [-0.3, -0.25) is 24.5 Å². The van der Waals surface area contributed by atoms with Crippen LogP contribution in [-0.4, -0.2) is 22.8 Å². The van der Waals surface area contributed by atoms with E-state index in [1.807, 2.05) is 36.4 Å². The maximum atomic E-state index is 13.5. The molecule has 2 saturated heterocycles. The maximum absolute atomic E-state index is 13.5. The van der Waals surface area contributed by atoms with E-state index in [1.54, 1.807) is 23.3 Å². The van der Waals surface area contributed by atoms with Crippen molar-refractivity contribution in [1.82, 2.24) is 0 Å². The SMILES string of the molecule is O=C1[C@H]2[C@@H](ON(c3ccccc3)[C@H]2c2ccccc2Cl)C(=O)N1c1ccc([N+](=O)[O-])cc1. The molecule has 0 unspecified atom stereocenters. The van der Waals surface area contributed by atoms with E-state index in [0.29, 0.717) is 16.3 Å². The lowest BCUT2D eigenvalue weighted by Gasteiger charge is -2.29. The Bertz CT molecular complexity index is 1220. The van der Waals surface area contributed by atoms with Gasteiger partial charge in [-0.2, -0.15) is 0 Å².